The molecule has 4 rings (SSSR count). The number of hydrogen-bond acceptors (Lipinski definition) is 7. The first kappa shape index (κ1) is 24.2. The summed E-state index contributed by atoms with van der Waals surface area (Å²) in [6.07, 6.45) is 1.81. The van der Waals surface area contributed by atoms with Crippen LogP contribution in [0.5, 0.6) is 5.75 Å². The van der Waals surface area contributed by atoms with E-state index in [1.165, 1.54) is 4.90 Å². The highest BCUT2D eigenvalue weighted by atomic mass is 32.2. The Labute approximate surface area is 200 Å². The number of ether oxygens (including phenoxy) is 1. The summed E-state index contributed by atoms with van der Waals surface area (Å²) >= 11 is 0. The Morgan fingerprint density at radius 3 is 2.15 bits per heavy atom. The lowest BCUT2D eigenvalue weighted by molar-refractivity contribution is -0.121. The van der Waals surface area contributed by atoms with Crippen molar-refractivity contribution >= 4 is 33.0 Å². The van der Waals surface area contributed by atoms with Crippen molar-refractivity contribution in [3.8, 4) is 5.75 Å². The second-order valence-corrected chi connectivity index (χ2v) is 10.9. The second kappa shape index (κ2) is 10.1. The maximum atomic E-state index is 13.0. The molecule has 182 valence electrons. The summed E-state index contributed by atoms with van der Waals surface area (Å²) in [7, 11) is -3.21. The molecule has 0 aliphatic carbocycles. The fraction of sp³-hybridized carbons (Fsp3) is 0.440. The van der Waals surface area contributed by atoms with Gasteiger partial charge in [-0.3, -0.25) is 9.59 Å². The third-order valence-corrected chi connectivity index (χ3v) is 8.18. The van der Waals surface area contributed by atoms with Crippen molar-refractivity contribution in [2.24, 2.45) is 0 Å². The third-order valence-electron chi connectivity index (χ3n) is 6.43. The van der Waals surface area contributed by atoms with Crippen molar-refractivity contribution in [3.63, 3.8) is 0 Å². The van der Waals surface area contributed by atoms with E-state index in [1.807, 2.05) is 19.1 Å². The van der Waals surface area contributed by atoms with Gasteiger partial charge in [-0.25, -0.2) is 13.3 Å². The van der Waals surface area contributed by atoms with Crippen LogP contribution >= 0.6 is 0 Å². The van der Waals surface area contributed by atoms with Gasteiger partial charge in [0.25, 0.3) is 5.91 Å². The number of amides is 2. The number of hydrogen-bond donors (Lipinski definition) is 1. The Morgan fingerprint density at radius 2 is 1.56 bits per heavy atom. The van der Waals surface area contributed by atoms with Crippen molar-refractivity contribution in [3.05, 3.63) is 48.5 Å². The average Bonchev–Trinajstić information content (AvgIpc) is 3.13. The Balaban J connectivity index is 1.32. The number of imide groups is 1. The molecule has 2 aromatic rings. The summed E-state index contributed by atoms with van der Waals surface area (Å²) in [6, 6.07) is 13.6. The maximum Gasteiger partial charge on any atom is 0.251 e. The van der Waals surface area contributed by atoms with Gasteiger partial charge in [-0.2, -0.15) is 0 Å². The third kappa shape index (κ3) is 5.10. The molecule has 2 amide bonds. The Bertz CT molecular complexity index is 1120. The average molecular weight is 486 g/mol. The van der Waals surface area contributed by atoms with E-state index in [2.05, 4.69) is 10.2 Å². The van der Waals surface area contributed by atoms with E-state index in [-0.39, 0.29) is 30.0 Å². The molecule has 0 bridgehead atoms. The SMILES string of the molecule is CCOc1ccc(N2C(=O)CC(NC3CCN(c4ccc(S(=O)(=O)CC)cc4)CC3)C2=O)cc1. The number of rotatable bonds is 8. The summed E-state index contributed by atoms with van der Waals surface area (Å²) < 4.78 is 29.5. The van der Waals surface area contributed by atoms with E-state index in [0.717, 1.165) is 31.6 Å². The molecule has 2 fully saturated rings. The molecule has 0 saturated carbocycles. The van der Waals surface area contributed by atoms with Crippen LogP contribution in [0.25, 0.3) is 0 Å². The zero-order valence-corrected chi connectivity index (χ0v) is 20.4. The van der Waals surface area contributed by atoms with Gasteiger partial charge in [0, 0.05) is 24.8 Å². The highest BCUT2D eigenvalue weighted by Crippen LogP contribution is 2.27. The molecule has 2 aromatic carbocycles. The standard InChI is InChI=1S/C25H31N3O5S/c1-3-33-21-9-5-20(6-10-21)28-24(29)17-23(25(28)30)26-18-13-15-27(16-14-18)19-7-11-22(12-8-19)34(31,32)4-2/h5-12,18,23,26H,3-4,13-17H2,1-2H3. The molecule has 0 spiro atoms. The number of piperidine rings is 1. The molecule has 2 saturated heterocycles. The summed E-state index contributed by atoms with van der Waals surface area (Å²) in [6.45, 7) is 5.67. The number of carbonyl (C=O) groups is 2. The van der Waals surface area contributed by atoms with Crippen molar-refractivity contribution in [1.82, 2.24) is 5.32 Å². The van der Waals surface area contributed by atoms with Crippen molar-refractivity contribution in [2.75, 3.05) is 35.2 Å². The van der Waals surface area contributed by atoms with E-state index in [9.17, 15) is 18.0 Å². The van der Waals surface area contributed by atoms with E-state index in [0.29, 0.717) is 22.9 Å². The molecule has 0 aromatic heterocycles. The predicted octanol–water partition coefficient (Wildman–Crippen LogP) is 2.77. The molecule has 9 heteroatoms. The summed E-state index contributed by atoms with van der Waals surface area (Å²) in [5.41, 5.74) is 1.55. The quantitative estimate of drug-likeness (QED) is 0.575. The first-order chi connectivity index (χ1) is 16.3. The molecule has 1 N–H and O–H groups in total. The Morgan fingerprint density at radius 1 is 0.941 bits per heavy atom. The van der Waals surface area contributed by atoms with Gasteiger partial charge >= 0.3 is 0 Å². The molecule has 1 unspecified atom stereocenters. The van der Waals surface area contributed by atoms with Gasteiger partial charge in [-0.1, -0.05) is 6.92 Å². The van der Waals surface area contributed by atoms with Crippen molar-refractivity contribution in [2.45, 2.75) is 50.1 Å². The van der Waals surface area contributed by atoms with Crippen LogP contribution in [-0.2, 0) is 19.4 Å². The second-order valence-electron chi connectivity index (χ2n) is 8.58. The summed E-state index contributed by atoms with van der Waals surface area (Å²) in [5.74, 6) is 0.367. The zero-order valence-electron chi connectivity index (χ0n) is 19.6. The first-order valence-electron chi connectivity index (χ1n) is 11.8. The number of sulfone groups is 1. The van der Waals surface area contributed by atoms with Crippen LogP contribution < -0.4 is 19.9 Å². The lowest BCUT2D eigenvalue weighted by Gasteiger charge is -2.35. The van der Waals surface area contributed by atoms with Gasteiger partial charge < -0.3 is 15.0 Å². The molecule has 34 heavy (non-hydrogen) atoms. The van der Waals surface area contributed by atoms with Gasteiger partial charge in [0.1, 0.15) is 5.75 Å². The minimum atomic E-state index is -3.21. The lowest BCUT2D eigenvalue weighted by Crippen LogP contribution is -2.48. The van der Waals surface area contributed by atoms with Crippen LogP contribution in [0.1, 0.15) is 33.1 Å². The van der Waals surface area contributed by atoms with Gasteiger partial charge in [-0.15, -0.1) is 0 Å². The maximum absolute atomic E-state index is 13.0. The topological polar surface area (TPSA) is 96.0 Å². The van der Waals surface area contributed by atoms with Crippen molar-refractivity contribution < 1.29 is 22.7 Å². The van der Waals surface area contributed by atoms with Crippen LogP contribution in [0, 0.1) is 0 Å². The van der Waals surface area contributed by atoms with Crippen LogP contribution in [0.4, 0.5) is 11.4 Å². The minimum Gasteiger partial charge on any atom is -0.494 e. The van der Waals surface area contributed by atoms with Gasteiger partial charge in [0.2, 0.25) is 5.91 Å². The molecular weight excluding hydrogens is 454 g/mol. The van der Waals surface area contributed by atoms with E-state index < -0.39 is 15.9 Å². The normalized spacial score (nSPS) is 19.6. The number of nitrogens with one attached hydrogen (secondary N) is 1. The molecule has 2 aliphatic heterocycles. The van der Waals surface area contributed by atoms with Gasteiger partial charge in [-0.05, 0) is 68.3 Å². The number of anilines is 2. The van der Waals surface area contributed by atoms with E-state index >= 15 is 0 Å². The number of carbonyl (C=O) groups excluding carboxylic acids is 2. The molecular formula is C25H31N3O5S. The minimum absolute atomic E-state index is 0.0851. The predicted molar refractivity (Wildman–Crippen MR) is 131 cm³/mol. The van der Waals surface area contributed by atoms with Gasteiger partial charge in [0.05, 0.1) is 35.4 Å². The van der Waals surface area contributed by atoms with Crippen molar-refractivity contribution in [1.29, 1.82) is 0 Å². The summed E-state index contributed by atoms with van der Waals surface area (Å²) in [5, 5.41) is 3.40. The monoisotopic (exact) mass is 485 g/mol. The largest absolute Gasteiger partial charge is 0.494 e. The van der Waals surface area contributed by atoms with Crippen LogP contribution in [0.15, 0.2) is 53.4 Å². The van der Waals surface area contributed by atoms with E-state index in [1.54, 1.807) is 43.3 Å². The smallest absolute Gasteiger partial charge is 0.251 e. The Hall–Kier alpha value is -2.91. The highest BCUT2D eigenvalue weighted by Gasteiger charge is 2.40. The molecule has 8 nitrogen and oxygen atoms in total. The molecule has 1 atom stereocenters. The lowest BCUT2D eigenvalue weighted by atomic mass is 10.0. The van der Waals surface area contributed by atoms with Crippen LogP contribution in [-0.4, -0.2) is 57.8 Å². The molecule has 0 radical (unpaired) electrons. The van der Waals surface area contributed by atoms with Crippen LogP contribution in [0.3, 0.4) is 0 Å². The number of nitrogens with zero attached hydrogens (tertiary/aromatic N) is 2. The van der Waals surface area contributed by atoms with E-state index in [4.69, 9.17) is 4.74 Å². The number of benzene rings is 2. The fourth-order valence-electron chi connectivity index (χ4n) is 4.51. The molecule has 2 heterocycles. The Kier molecular flexibility index (Phi) is 7.23. The van der Waals surface area contributed by atoms with Gasteiger partial charge in [0.15, 0.2) is 9.84 Å². The summed E-state index contributed by atoms with van der Waals surface area (Å²) in [4.78, 5) is 29.4. The fourth-order valence-corrected chi connectivity index (χ4v) is 5.40. The molecule has 2 aliphatic rings. The zero-order chi connectivity index (χ0) is 24.3. The van der Waals surface area contributed by atoms with Crippen LogP contribution in [0.2, 0.25) is 0 Å². The first-order valence-corrected chi connectivity index (χ1v) is 13.4. The highest BCUT2D eigenvalue weighted by molar-refractivity contribution is 7.91.